The molecule has 23 heavy (non-hydrogen) atoms. The molecular weight excluding hydrogens is 288 g/mol. The van der Waals surface area contributed by atoms with Crippen LogP contribution in [0.15, 0.2) is 24.5 Å². The maximum Gasteiger partial charge on any atom is 0.333 e. The molecule has 0 aliphatic rings. The smallest absolute Gasteiger partial charge is 0.333 e. The van der Waals surface area contributed by atoms with Gasteiger partial charge in [-0.25, -0.2) is 4.79 Å². The van der Waals surface area contributed by atoms with Crippen molar-refractivity contribution >= 4 is 5.97 Å². The molecule has 3 heteroatoms. The van der Waals surface area contributed by atoms with Gasteiger partial charge < -0.3 is 9.47 Å². The molecule has 0 aromatic rings. The Kier molecular flexibility index (Phi) is 16.2. The highest BCUT2D eigenvalue weighted by Crippen LogP contribution is 2.07. The maximum atomic E-state index is 11.1. The third kappa shape index (κ3) is 16.9. The van der Waals surface area contributed by atoms with Crippen LogP contribution in [0.4, 0.5) is 0 Å². The Balaban J connectivity index is 3.16. The van der Waals surface area contributed by atoms with E-state index in [0.29, 0.717) is 12.2 Å². The average molecular weight is 325 g/mol. The monoisotopic (exact) mass is 324 g/mol. The Morgan fingerprint density at radius 1 is 0.913 bits per heavy atom. The second-order valence-electron chi connectivity index (χ2n) is 6.13. The Bertz CT molecular complexity index is 321. The molecule has 3 nitrogen and oxygen atoms in total. The molecule has 0 aromatic heterocycles. The van der Waals surface area contributed by atoms with Crippen LogP contribution >= 0.6 is 0 Å². The van der Waals surface area contributed by atoms with Crippen LogP contribution in [-0.4, -0.2) is 19.2 Å². The molecular formula is C20H36O3. The van der Waals surface area contributed by atoms with Crippen molar-refractivity contribution in [3.05, 3.63) is 24.5 Å². The summed E-state index contributed by atoms with van der Waals surface area (Å²) in [6, 6.07) is 0. The van der Waals surface area contributed by atoms with Crippen LogP contribution in [0.3, 0.4) is 0 Å². The molecule has 0 radical (unpaired) electrons. The number of rotatable bonds is 16. The topological polar surface area (TPSA) is 35.5 Å². The SMILES string of the molecule is C=C(C)C(=O)OCCCCCCOC=CCCCCCCCC. The Hall–Kier alpha value is -1.25. The van der Waals surface area contributed by atoms with Crippen molar-refractivity contribution in [2.75, 3.05) is 13.2 Å². The van der Waals surface area contributed by atoms with Crippen molar-refractivity contribution in [1.82, 2.24) is 0 Å². The summed E-state index contributed by atoms with van der Waals surface area (Å²) in [7, 11) is 0. The van der Waals surface area contributed by atoms with Crippen molar-refractivity contribution in [2.24, 2.45) is 0 Å². The molecule has 0 aliphatic carbocycles. The lowest BCUT2D eigenvalue weighted by atomic mass is 10.1. The highest BCUT2D eigenvalue weighted by molar-refractivity contribution is 5.86. The fraction of sp³-hybridized carbons (Fsp3) is 0.750. The van der Waals surface area contributed by atoms with Crippen LogP contribution in [0.25, 0.3) is 0 Å². The number of carbonyl (C=O) groups excluding carboxylic acids is 1. The van der Waals surface area contributed by atoms with E-state index in [1.165, 1.54) is 38.5 Å². The zero-order chi connectivity index (χ0) is 17.2. The summed E-state index contributed by atoms with van der Waals surface area (Å²) >= 11 is 0. The van der Waals surface area contributed by atoms with E-state index in [9.17, 15) is 4.79 Å². The summed E-state index contributed by atoms with van der Waals surface area (Å²) in [6.07, 6.45) is 17.3. The zero-order valence-corrected chi connectivity index (χ0v) is 15.3. The van der Waals surface area contributed by atoms with E-state index in [4.69, 9.17) is 9.47 Å². The second kappa shape index (κ2) is 17.1. The van der Waals surface area contributed by atoms with Gasteiger partial charge in [0, 0.05) is 5.57 Å². The van der Waals surface area contributed by atoms with Crippen LogP contribution < -0.4 is 0 Å². The predicted molar refractivity (Wildman–Crippen MR) is 97.3 cm³/mol. The number of carbonyl (C=O) groups is 1. The average Bonchev–Trinajstić information content (AvgIpc) is 2.54. The van der Waals surface area contributed by atoms with Gasteiger partial charge in [0.2, 0.25) is 0 Å². The standard InChI is InChI=1S/C20H36O3/c1-4-5-6-7-8-9-10-13-16-22-17-14-11-12-15-18-23-20(21)19(2)3/h13,16H,2,4-12,14-15,17-18H2,1,3H3. The Labute approximate surface area is 143 Å². The lowest BCUT2D eigenvalue weighted by molar-refractivity contribution is -0.139. The number of allylic oxidation sites excluding steroid dienone is 1. The summed E-state index contributed by atoms with van der Waals surface area (Å²) in [4.78, 5) is 11.1. The van der Waals surface area contributed by atoms with Crippen molar-refractivity contribution in [3.8, 4) is 0 Å². The maximum absolute atomic E-state index is 11.1. The van der Waals surface area contributed by atoms with Crippen LogP contribution in [0.2, 0.25) is 0 Å². The number of hydrogen-bond acceptors (Lipinski definition) is 3. The minimum atomic E-state index is -0.288. The van der Waals surface area contributed by atoms with Crippen LogP contribution in [0.1, 0.15) is 84.5 Å². The van der Waals surface area contributed by atoms with Crippen LogP contribution in [0, 0.1) is 0 Å². The van der Waals surface area contributed by atoms with E-state index in [1.807, 2.05) is 6.26 Å². The lowest BCUT2D eigenvalue weighted by Gasteiger charge is -2.04. The van der Waals surface area contributed by atoms with Gasteiger partial charge in [0.25, 0.3) is 0 Å². The van der Waals surface area contributed by atoms with Crippen molar-refractivity contribution in [2.45, 2.75) is 84.5 Å². The predicted octanol–water partition coefficient (Wildman–Crippen LogP) is 5.95. The van der Waals surface area contributed by atoms with Crippen molar-refractivity contribution in [3.63, 3.8) is 0 Å². The molecule has 0 atom stereocenters. The molecule has 0 spiro atoms. The van der Waals surface area contributed by atoms with E-state index >= 15 is 0 Å². The van der Waals surface area contributed by atoms with E-state index in [-0.39, 0.29) is 5.97 Å². The number of esters is 1. The molecule has 0 unspecified atom stereocenters. The van der Waals surface area contributed by atoms with Gasteiger partial charge in [-0.15, -0.1) is 0 Å². The highest BCUT2D eigenvalue weighted by atomic mass is 16.5. The van der Waals surface area contributed by atoms with Crippen LogP contribution in [0.5, 0.6) is 0 Å². The third-order valence-electron chi connectivity index (χ3n) is 3.65. The van der Waals surface area contributed by atoms with Gasteiger partial charge in [0.05, 0.1) is 19.5 Å². The third-order valence-corrected chi connectivity index (χ3v) is 3.65. The van der Waals surface area contributed by atoms with Gasteiger partial charge in [-0.05, 0) is 51.5 Å². The normalized spacial score (nSPS) is 10.9. The first kappa shape index (κ1) is 21.8. The Morgan fingerprint density at radius 2 is 1.52 bits per heavy atom. The number of unbranched alkanes of at least 4 members (excludes halogenated alkanes) is 9. The number of ether oxygens (including phenoxy) is 2. The first-order valence-corrected chi connectivity index (χ1v) is 9.27. The van der Waals surface area contributed by atoms with Gasteiger partial charge in [0.15, 0.2) is 0 Å². The molecule has 0 bridgehead atoms. The summed E-state index contributed by atoms with van der Waals surface area (Å²) in [5, 5.41) is 0. The molecule has 0 saturated carbocycles. The van der Waals surface area contributed by atoms with Crippen molar-refractivity contribution in [1.29, 1.82) is 0 Å². The van der Waals surface area contributed by atoms with E-state index in [1.54, 1.807) is 6.92 Å². The second-order valence-corrected chi connectivity index (χ2v) is 6.13. The van der Waals surface area contributed by atoms with Gasteiger partial charge in [-0.1, -0.05) is 45.6 Å². The Morgan fingerprint density at radius 3 is 2.22 bits per heavy atom. The summed E-state index contributed by atoms with van der Waals surface area (Å²) in [5.41, 5.74) is 0.464. The zero-order valence-electron chi connectivity index (χ0n) is 15.3. The minimum Gasteiger partial charge on any atom is -0.502 e. The van der Waals surface area contributed by atoms with E-state index in [2.05, 4.69) is 19.6 Å². The quantitative estimate of drug-likeness (QED) is 0.152. The van der Waals surface area contributed by atoms with Gasteiger partial charge in [0.1, 0.15) is 0 Å². The van der Waals surface area contributed by atoms with Crippen LogP contribution in [-0.2, 0) is 14.3 Å². The van der Waals surface area contributed by atoms with E-state index in [0.717, 1.165) is 38.7 Å². The fourth-order valence-corrected chi connectivity index (χ4v) is 2.18. The largest absolute Gasteiger partial charge is 0.502 e. The molecule has 0 aliphatic heterocycles. The van der Waals surface area contributed by atoms with Gasteiger partial charge in [-0.3, -0.25) is 0 Å². The summed E-state index contributed by atoms with van der Waals surface area (Å²) < 4.78 is 10.5. The molecule has 0 aromatic carbocycles. The summed E-state index contributed by atoms with van der Waals surface area (Å²) in [5.74, 6) is -0.288. The first-order valence-electron chi connectivity index (χ1n) is 9.27. The number of hydrogen-bond donors (Lipinski definition) is 0. The molecule has 134 valence electrons. The molecule has 0 fully saturated rings. The molecule has 0 N–H and O–H groups in total. The molecule has 0 saturated heterocycles. The minimum absolute atomic E-state index is 0.288. The van der Waals surface area contributed by atoms with Crippen molar-refractivity contribution < 1.29 is 14.3 Å². The highest BCUT2D eigenvalue weighted by Gasteiger charge is 2.01. The molecule has 0 rings (SSSR count). The lowest BCUT2D eigenvalue weighted by Crippen LogP contribution is -2.06. The molecule has 0 amide bonds. The fourth-order valence-electron chi connectivity index (χ4n) is 2.18. The van der Waals surface area contributed by atoms with Gasteiger partial charge in [-0.2, -0.15) is 0 Å². The van der Waals surface area contributed by atoms with Gasteiger partial charge >= 0.3 is 5.97 Å². The summed E-state index contributed by atoms with van der Waals surface area (Å²) in [6.45, 7) is 8.73. The van der Waals surface area contributed by atoms with E-state index < -0.39 is 0 Å². The molecule has 0 heterocycles. The first-order chi connectivity index (χ1) is 11.2.